The van der Waals surface area contributed by atoms with Crippen molar-refractivity contribution in [2.75, 3.05) is 13.2 Å². The lowest BCUT2D eigenvalue weighted by molar-refractivity contribution is -0.139. The van der Waals surface area contributed by atoms with Gasteiger partial charge in [-0.05, 0) is 41.0 Å². The van der Waals surface area contributed by atoms with Gasteiger partial charge in [0.25, 0.3) is 0 Å². The highest BCUT2D eigenvalue weighted by Gasteiger charge is 2.30. The summed E-state index contributed by atoms with van der Waals surface area (Å²) in [7, 11) is 0. The molecule has 3 N–H and O–H groups in total. The molecule has 170 valence electrons. The third-order valence-corrected chi connectivity index (χ3v) is 5.59. The van der Waals surface area contributed by atoms with Gasteiger partial charge in [0, 0.05) is 12.5 Å². The lowest BCUT2D eigenvalue weighted by Gasteiger charge is -2.19. The van der Waals surface area contributed by atoms with Gasteiger partial charge in [-0.2, -0.15) is 0 Å². The van der Waals surface area contributed by atoms with Crippen LogP contribution >= 0.6 is 0 Å². The monoisotopic (exact) mass is 438 g/mol. The number of benzene rings is 2. The minimum absolute atomic E-state index is 0.0929. The molecule has 0 saturated heterocycles. The quantitative estimate of drug-likeness (QED) is 0.488. The van der Waals surface area contributed by atoms with Crippen LogP contribution in [0.25, 0.3) is 11.1 Å². The molecule has 0 aliphatic heterocycles. The zero-order valence-corrected chi connectivity index (χ0v) is 18.5. The summed E-state index contributed by atoms with van der Waals surface area (Å²) in [6.45, 7) is 4.71. The average molecular weight is 439 g/mol. The summed E-state index contributed by atoms with van der Waals surface area (Å²) in [6.07, 6.45) is 0.410. The number of carbonyl (C=O) groups is 3. The van der Waals surface area contributed by atoms with Crippen molar-refractivity contribution in [3.63, 3.8) is 0 Å². The fourth-order valence-electron chi connectivity index (χ4n) is 4.01. The van der Waals surface area contributed by atoms with Gasteiger partial charge in [0.15, 0.2) is 0 Å². The minimum Gasteiger partial charge on any atom is -0.481 e. The number of carboxylic acids is 1. The van der Waals surface area contributed by atoms with Gasteiger partial charge in [-0.1, -0.05) is 62.4 Å². The predicted molar refractivity (Wildman–Crippen MR) is 121 cm³/mol. The molecular weight excluding hydrogens is 408 g/mol. The second kappa shape index (κ2) is 10.8. The van der Waals surface area contributed by atoms with E-state index >= 15 is 0 Å². The standard InChI is InChI=1S/C25H30N2O5/c1-16(2)8-7-13-26-24(30)22(14-23(28)29)27-25(31)32-15-21-19-11-5-3-9-17(19)18-10-4-6-12-20(18)21/h3-6,9-12,16,21-22H,7-8,13-15H2,1-2H3,(H,26,30)(H,27,31)(H,28,29). The maximum Gasteiger partial charge on any atom is 0.407 e. The summed E-state index contributed by atoms with van der Waals surface area (Å²) in [5.74, 6) is -1.30. The van der Waals surface area contributed by atoms with E-state index in [0.29, 0.717) is 12.5 Å². The first kappa shape index (κ1) is 23.3. The van der Waals surface area contributed by atoms with E-state index in [1.165, 1.54) is 0 Å². The number of nitrogens with one attached hydrogen (secondary N) is 2. The van der Waals surface area contributed by atoms with Gasteiger partial charge in [-0.15, -0.1) is 0 Å². The van der Waals surface area contributed by atoms with Crippen LogP contribution in [0.1, 0.15) is 50.2 Å². The van der Waals surface area contributed by atoms with Crippen molar-refractivity contribution >= 4 is 18.0 Å². The van der Waals surface area contributed by atoms with Crippen LogP contribution in [0.3, 0.4) is 0 Å². The molecule has 2 aromatic rings. The zero-order chi connectivity index (χ0) is 23.1. The Balaban J connectivity index is 1.59. The first-order valence-electron chi connectivity index (χ1n) is 11.0. The van der Waals surface area contributed by atoms with E-state index in [4.69, 9.17) is 9.84 Å². The molecule has 0 spiro atoms. The Morgan fingerprint density at radius 3 is 2.16 bits per heavy atom. The normalized spacial score (nSPS) is 13.2. The molecule has 1 aliphatic carbocycles. The molecule has 0 bridgehead atoms. The van der Waals surface area contributed by atoms with Gasteiger partial charge in [0.05, 0.1) is 6.42 Å². The molecule has 3 rings (SSSR count). The Morgan fingerprint density at radius 1 is 1.00 bits per heavy atom. The van der Waals surface area contributed by atoms with Crippen molar-refractivity contribution in [1.82, 2.24) is 10.6 Å². The number of carboxylic acid groups (broad SMARTS) is 1. The number of ether oxygens (including phenoxy) is 1. The van der Waals surface area contributed by atoms with Crippen molar-refractivity contribution in [2.45, 2.75) is 45.1 Å². The molecular formula is C25H30N2O5. The number of carbonyl (C=O) groups excluding carboxylic acids is 2. The highest BCUT2D eigenvalue weighted by atomic mass is 16.5. The molecule has 7 heteroatoms. The average Bonchev–Trinajstić information content (AvgIpc) is 3.08. The maximum absolute atomic E-state index is 12.4. The molecule has 32 heavy (non-hydrogen) atoms. The molecule has 0 fully saturated rings. The van der Waals surface area contributed by atoms with Crippen molar-refractivity contribution in [3.05, 3.63) is 59.7 Å². The van der Waals surface area contributed by atoms with E-state index in [0.717, 1.165) is 35.1 Å². The first-order valence-corrected chi connectivity index (χ1v) is 11.0. The molecule has 0 saturated carbocycles. The molecule has 1 atom stereocenters. The minimum atomic E-state index is -1.19. The molecule has 7 nitrogen and oxygen atoms in total. The van der Waals surface area contributed by atoms with Crippen molar-refractivity contribution < 1.29 is 24.2 Å². The van der Waals surface area contributed by atoms with Crippen LogP contribution < -0.4 is 10.6 Å². The topological polar surface area (TPSA) is 105 Å². The molecule has 1 aliphatic rings. The van der Waals surface area contributed by atoms with E-state index in [1.54, 1.807) is 0 Å². The Hall–Kier alpha value is -3.35. The van der Waals surface area contributed by atoms with E-state index < -0.39 is 30.4 Å². The number of aliphatic carboxylic acids is 1. The Morgan fingerprint density at radius 2 is 1.59 bits per heavy atom. The molecule has 2 aromatic carbocycles. The Labute approximate surface area is 188 Å². The summed E-state index contributed by atoms with van der Waals surface area (Å²) in [4.78, 5) is 36.0. The van der Waals surface area contributed by atoms with Crippen LogP contribution in [0.2, 0.25) is 0 Å². The lowest BCUT2D eigenvalue weighted by atomic mass is 9.98. The smallest absolute Gasteiger partial charge is 0.407 e. The molecule has 0 heterocycles. The number of amides is 2. The van der Waals surface area contributed by atoms with Gasteiger partial charge in [-0.3, -0.25) is 9.59 Å². The van der Waals surface area contributed by atoms with E-state index in [-0.39, 0.29) is 12.5 Å². The molecule has 1 unspecified atom stereocenters. The second-order valence-corrected chi connectivity index (χ2v) is 8.45. The number of fused-ring (bicyclic) bond motifs is 3. The lowest BCUT2D eigenvalue weighted by Crippen LogP contribution is -2.48. The second-order valence-electron chi connectivity index (χ2n) is 8.45. The van der Waals surface area contributed by atoms with Crippen molar-refractivity contribution in [3.8, 4) is 11.1 Å². The van der Waals surface area contributed by atoms with Crippen molar-refractivity contribution in [1.29, 1.82) is 0 Å². The van der Waals surface area contributed by atoms with E-state index in [2.05, 4.69) is 24.5 Å². The van der Waals surface area contributed by atoms with Crippen LogP contribution in [0.4, 0.5) is 4.79 Å². The van der Waals surface area contributed by atoms with Gasteiger partial charge < -0.3 is 20.5 Å². The summed E-state index contributed by atoms with van der Waals surface area (Å²) in [6, 6.07) is 14.8. The number of rotatable bonds is 10. The number of hydrogen-bond acceptors (Lipinski definition) is 4. The zero-order valence-electron chi connectivity index (χ0n) is 18.5. The third-order valence-electron chi connectivity index (χ3n) is 5.59. The molecule has 0 aromatic heterocycles. The van der Waals surface area contributed by atoms with Crippen molar-refractivity contribution in [2.24, 2.45) is 5.92 Å². The molecule has 2 amide bonds. The maximum atomic E-state index is 12.4. The largest absolute Gasteiger partial charge is 0.481 e. The van der Waals surface area contributed by atoms with Crippen LogP contribution in [-0.2, 0) is 14.3 Å². The Bertz CT molecular complexity index is 927. The third kappa shape index (κ3) is 5.87. The first-order chi connectivity index (χ1) is 15.4. The summed E-state index contributed by atoms with van der Waals surface area (Å²) in [5.41, 5.74) is 4.38. The van der Waals surface area contributed by atoms with E-state index in [9.17, 15) is 14.4 Å². The van der Waals surface area contributed by atoms with E-state index in [1.807, 2.05) is 48.5 Å². The fourth-order valence-corrected chi connectivity index (χ4v) is 4.01. The SMILES string of the molecule is CC(C)CCCNC(=O)C(CC(=O)O)NC(=O)OCC1c2ccccc2-c2ccccc21. The van der Waals surface area contributed by atoms with Gasteiger partial charge in [0.1, 0.15) is 12.6 Å². The van der Waals surface area contributed by atoms with Crippen LogP contribution in [0, 0.1) is 5.92 Å². The predicted octanol–water partition coefficient (Wildman–Crippen LogP) is 3.92. The summed E-state index contributed by atoms with van der Waals surface area (Å²) in [5, 5.41) is 14.3. The summed E-state index contributed by atoms with van der Waals surface area (Å²) < 4.78 is 5.44. The Kier molecular flexibility index (Phi) is 7.87. The van der Waals surface area contributed by atoms with Crippen LogP contribution in [-0.4, -0.2) is 42.3 Å². The van der Waals surface area contributed by atoms with Crippen LogP contribution in [0.5, 0.6) is 0 Å². The van der Waals surface area contributed by atoms with Gasteiger partial charge in [-0.25, -0.2) is 4.79 Å². The number of hydrogen-bond donors (Lipinski definition) is 3. The number of alkyl carbamates (subject to hydrolysis) is 1. The molecule has 0 radical (unpaired) electrons. The highest BCUT2D eigenvalue weighted by molar-refractivity contribution is 5.89. The van der Waals surface area contributed by atoms with Gasteiger partial charge in [0.2, 0.25) is 5.91 Å². The highest BCUT2D eigenvalue weighted by Crippen LogP contribution is 2.44. The van der Waals surface area contributed by atoms with Gasteiger partial charge >= 0.3 is 12.1 Å². The van der Waals surface area contributed by atoms with Crippen LogP contribution in [0.15, 0.2) is 48.5 Å². The fraction of sp³-hybridized carbons (Fsp3) is 0.400. The summed E-state index contributed by atoms with van der Waals surface area (Å²) >= 11 is 0.